The van der Waals surface area contributed by atoms with E-state index >= 15 is 0 Å². The van der Waals surface area contributed by atoms with Crippen molar-refractivity contribution in [3.63, 3.8) is 0 Å². The average Bonchev–Trinajstić information content (AvgIpc) is 2.92. The van der Waals surface area contributed by atoms with Gasteiger partial charge in [0.05, 0.1) is 0 Å². The average molecular weight is 320 g/mol. The lowest BCUT2D eigenvalue weighted by Crippen LogP contribution is -2.06. The molecule has 1 N–H and O–H groups in total. The standard InChI is InChI=1S/C21H24N2O/c1-22-14-8-4-3-5-9-16-12-13-18-17-10-6-7-11-19(17)21(23-24-2)20(18)15-16/h5-7,9-13,15,22H,3-4,8,14H2,1-2H3/b9-5+,23-21+. The molecule has 0 atom stereocenters. The molecule has 0 aromatic heterocycles. The summed E-state index contributed by atoms with van der Waals surface area (Å²) in [5, 5.41) is 7.44. The van der Waals surface area contributed by atoms with Gasteiger partial charge in [-0.2, -0.15) is 0 Å². The van der Waals surface area contributed by atoms with Crippen LogP contribution in [0.4, 0.5) is 0 Å². The van der Waals surface area contributed by atoms with E-state index in [0.29, 0.717) is 0 Å². The zero-order valence-electron chi connectivity index (χ0n) is 14.4. The normalized spacial score (nSPS) is 14.2. The second kappa shape index (κ2) is 7.93. The van der Waals surface area contributed by atoms with Crippen LogP contribution in [0.5, 0.6) is 0 Å². The first-order chi connectivity index (χ1) is 11.8. The highest BCUT2D eigenvalue weighted by Gasteiger charge is 2.25. The Hall–Kier alpha value is -2.39. The molecule has 0 aliphatic heterocycles. The molecular formula is C21H24N2O. The maximum Gasteiger partial charge on any atom is 0.118 e. The van der Waals surface area contributed by atoms with Crippen LogP contribution in [0.15, 0.2) is 53.7 Å². The maximum atomic E-state index is 5.08. The Morgan fingerprint density at radius 3 is 2.58 bits per heavy atom. The number of benzene rings is 2. The first-order valence-corrected chi connectivity index (χ1v) is 8.51. The van der Waals surface area contributed by atoms with Crippen LogP contribution >= 0.6 is 0 Å². The Labute approximate surface area is 144 Å². The largest absolute Gasteiger partial charge is 0.399 e. The molecule has 2 aromatic carbocycles. The van der Waals surface area contributed by atoms with E-state index < -0.39 is 0 Å². The van der Waals surface area contributed by atoms with Gasteiger partial charge < -0.3 is 10.2 Å². The summed E-state index contributed by atoms with van der Waals surface area (Å²) in [5.74, 6) is 0. The lowest BCUT2D eigenvalue weighted by atomic mass is 10.0. The molecule has 0 unspecified atom stereocenters. The molecule has 0 saturated carbocycles. The molecule has 2 aromatic rings. The highest BCUT2D eigenvalue weighted by atomic mass is 16.6. The number of hydrogen-bond donors (Lipinski definition) is 1. The van der Waals surface area contributed by atoms with Crippen LogP contribution < -0.4 is 5.32 Å². The van der Waals surface area contributed by atoms with Crippen molar-refractivity contribution in [2.24, 2.45) is 5.16 Å². The van der Waals surface area contributed by atoms with Gasteiger partial charge in [-0.25, -0.2) is 0 Å². The van der Waals surface area contributed by atoms with Gasteiger partial charge in [0, 0.05) is 11.1 Å². The molecule has 1 aliphatic carbocycles. The fourth-order valence-corrected chi connectivity index (χ4v) is 3.14. The lowest BCUT2D eigenvalue weighted by Gasteiger charge is -2.03. The topological polar surface area (TPSA) is 33.6 Å². The minimum absolute atomic E-state index is 0.923. The molecule has 0 heterocycles. The summed E-state index contributed by atoms with van der Waals surface area (Å²) < 4.78 is 0. The zero-order valence-corrected chi connectivity index (χ0v) is 14.4. The van der Waals surface area contributed by atoms with Gasteiger partial charge in [-0.3, -0.25) is 0 Å². The van der Waals surface area contributed by atoms with Crippen LogP contribution in [0.25, 0.3) is 17.2 Å². The predicted molar refractivity (Wildman–Crippen MR) is 101 cm³/mol. The van der Waals surface area contributed by atoms with Crippen molar-refractivity contribution in [2.45, 2.75) is 19.3 Å². The molecule has 0 spiro atoms. The Morgan fingerprint density at radius 1 is 1.00 bits per heavy atom. The van der Waals surface area contributed by atoms with Crippen LogP contribution in [-0.2, 0) is 4.84 Å². The fraction of sp³-hybridized carbons (Fsp3) is 0.286. The summed E-state index contributed by atoms with van der Waals surface area (Å²) in [7, 11) is 3.60. The van der Waals surface area contributed by atoms with E-state index in [2.05, 4.69) is 59.0 Å². The van der Waals surface area contributed by atoms with Crippen molar-refractivity contribution in [1.82, 2.24) is 5.32 Å². The third-order valence-electron chi connectivity index (χ3n) is 4.31. The second-order valence-electron chi connectivity index (χ2n) is 5.97. The minimum Gasteiger partial charge on any atom is -0.399 e. The molecule has 0 radical (unpaired) electrons. The van der Waals surface area contributed by atoms with Gasteiger partial charge in [-0.15, -0.1) is 0 Å². The SMILES string of the molecule is CNCCCC/C=C/c1ccc2c(c1)/C(=N/OC)c1ccccc1-2. The Bertz CT molecular complexity index is 762. The number of fused-ring (bicyclic) bond motifs is 3. The summed E-state index contributed by atoms with van der Waals surface area (Å²) in [6.45, 7) is 1.09. The maximum absolute atomic E-state index is 5.08. The van der Waals surface area contributed by atoms with Crippen molar-refractivity contribution < 1.29 is 4.84 Å². The Morgan fingerprint density at radius 2 is 1.79 bits per heavy atom. The van der Waals surface area contributed by atoms with E-state index in [1.165, 1.54) is 29.5 Å². The number of rotatable bonds is 7. The van der Waals surface area contributed by atoms with E-state index in [-0.39, 0.29) is 0 Å². The lowest BCUT2D eigenvalue weighted by molar-refractivity contribution is 0.214. The molecule has 3 heteroatoms. The zero-order chi connectivity index (χ0) is 16.8. The summed E-state index contributed by atoms with van der Waals surface area (Å²) in [6, 6.07) is 14.9. The summed E-state index contributed by atoms with van der Waals surface area (Å²) >= 11 is 0. The third-order valence-corrected chi connectivity index (χ3v) is 4.31. The summed E-state index contributed by atoms with van der Waals surface area (Å²) in [6.07, 6.45) is 7.99. The number of allylic oxidation sites excluding steroid dienone is 1. The van der Waals surface area contributed by atoms with Gasteiger partial charge in [0.2, 0.25) is 0 Å². The van der Waals surface area contributed by atoms with Crippen molar-refractivity contribution in [3.05, 3.63) is 65.2 Å². The molecule has 0 saturated heterocycles. The van der Waals surface area contributed by atoms with E-state index in [0.717, 1.165) is 29.8 Å². The molecule has 0 fully saturated rings. The number of nitrogens with one attached hydrogen (secondary N) is 1. The molecule has 124 valence electrons. The first-order valence-electron chi connectivity index (χ1n) is 8.51. The van der Waals surface area contributed by atoms with Crippen LogP contribution in [0, 0.1) is 0 Å². The van der Waals surface area contributed by atoms with Crippen molar-refractivity contribution in [1.29, 1.82) is 0 Å². The van der Waals surface area contributed by atoms with Crippen LogP contribution in [-0.4, -0.2) is 26.4 Å². The number of unbranched alkanes of at least 4 members (excludes halogenated alkanes) is 2. The van der Waals surface area contributed by atoms with E-state index in [1.807, 2.05) is 13.1 Å². The van der Waals surface area contributed by atoms with E-state index in [4.69, 9.17) is 4.84 Å². The monoisotopic (exact) mass is 320 g/mol. The minimum atomic E-state index is 0.923. The number of nitrogens with zero attached hydrogens (tertiary/aromatic N) is 1. The molecule has 3 nitrogen and oxygen atoms in total. The van der Waals surface area contributed by atoms with Gasteiger partial charge in [0.1, 0.15) is 12.8 Å². The molecule has 1 aliphatic rings. The van der Waals surface area contributed by atoms with Crippen molar-refractivity contribution >= 4 is 11.8 Å². The predicted octanol–water partition coefficient (Wildman–Crippen LogP) is 4.47. The van der Waals surface area contributed by atoms with Gasteiger partial charge in [0.25, 0.3) is 0 Å². The highest BCUT2D eigenvalue weighted by Crippen LogP contribution is 2.37. The van der Waals surface area contributed by atoms with Crippen LogP contribution in [0.1, 0.15) is 36.0 Å². The molecule has 0 amide bonds. The van der Waals surface area contributed by atoms with Crippen LogP contribution in [0.3, 0.4) is 0 Å². The van der Waals surface area contributed by atoms with Crippen LogP contribution in [0.2, 0.25) is 0 Å². The van der Waals surface area contributed by atoms with Gasteiger partial charge in [0.15, 0.2) is 0 Å². The molecular weight excluding hydrogens is 296 g/mol. The number of oxime groups is 1. The molecule has 3 rings (SSSR count). The summed E-state index contributed by atoms with van der Waals surface area (Å²) in [5.41, 5.74) is 6.88. The van der Waals surface area contributed by atoms with Gasteiger partial charge in [-0.05, 0) is 55.6 Å². The van der Waals surface area contributed by atoms with Crippen molar-refractivity contribution in [3.8, 4) is 11.1 Å². The Kier molecular flexibility index (Phi) is 5.44. The number of hydrogen-bond acceptors (Lipinski definition) is 3. The highest BCUT2D eigenvalue weighted by molar-refractivity contribution is 6.24. The molecule has 24 heavy (non-hydrogen) atoms. The van der Waals surface area contributed by atoms with E-state index in [9.17, 15) is 0 Å². The smallest absolute Gasteiger partial charge is 0.118 e. The second-order valence-corrected chi connectivity index (χ2v) is 5.97. The quantitative estimate of drug-likeness (QED) is 0.515. The van der Waals surface area contributed by atoms with Gasteiger partial charge >= 0.3 is 0 Å². The first kappa shape index (κ1) is 16.5. The van der Waals surface area contributed by atoms with Gasteiger partial charge in [-0.1, -0.05) is 53.7 Å². The van der Waals surface area contributed by atoms with E-state index in [1.54, 1.807) is 7.11 Å². The summed E-state index contributed by atoms with van der Waals surface area (Å²) in [4.78, 5) is 5.08. The van der Waals surface area contributed by atoms with Crippen molar-refractivity contribution in [2.75, 3.05) is 20.7 Å². The molecule has 0 bridgehead atoms. The fourth-order valence-electron chi connectivity index (χ4n) is 3.14. The third kappa shape index (κ3) is 3.41. The Balaban J connectivity index is 1.81.